The van der Waals surface area contributed by atoms with Crippen molar-refractivity contribution in [1.82, 2.24) is 19.5 Å². The van der Waals surface area contributed by atoms with Gasteiger partial charge >= 0.3 is 0 Å². The molecule has 2 heterocycles. The third kappa shape index (κ3) is 6.47. The van der Waals surface area contributed by atoms with Crippen LogP contribution in [0, 0.1) is 0 Å². The van der Waals surface area contributed by atoms with Gasteiger partial charge in [-0.25, -0.2) is 15.0 Å². The number of aromatic nitrogens is 4. The first kappa shape index (κ1) is 34.7. The SMILES string of the molecule is CC(C)(C)c1cc(-c2nc3c(-c4cc(-c5ccccc5)cc(-c5ncccn5)c4)cccc3n2-c2ccccc2-c2ccccc2)c(O)c(C(C)(C)C)c1. The van der Waals surface area contributed by atoms with E-state index in [-0.39, 0.29) is 16.6 Å². The number of hydrogen-bond acceptors (Lipinski definition) is 4. The number of benzene rings is 6. The molecule has 54 heavy (non-hydrogen) atoms. The van der Waals surface area contributed by atoms with Crippen molar-refractivity contribution in [3.8, 4) is 67.6 Å². The van der Waals surface area contributed by atoms with Crippen LogP contribution in [-0.4, -0.2) is 24.6 Å². The first-order valence-electron chi connectivity index (χ1n) is 18.5. The van der Waals surface area contributed by atoms with E-state index in [1.165, 1.54) is 0 Å². The van der Waals surface area contributed by atoms with Crippen LogP contribution < -0.4 is 0 Å². The van der Waals surface area contributed by atoms with Crippen molar-refractivity contribution >= 4 is 11.0 Å². The summed E-state index contributed by atoms with van der Waals surface area (Å²) in [6.07, 6.45) is 3.56. The van der Waals surface area contributed by atoms with Gasteiger partial charge < -0.3 is 5.11 Å². The Morgan fingerprint density at radius 3 is 1.80 bits per heavy atom. The van der Waals surface area contributed by atoms with Gasteiger partial charge in [0.25, 0.3) is 0 Å². The molecule has 5 heteroatoms. The molecule has 0 radical (unpaired) electrons. The molecule has 6 aromatic carbocycles. The highest BCUT2D eigenvalue weighted by Gasteiger charge is 2.29. The Bertz CT molecular complexity index is 2550. The Morgan fingerprint density at radius 2 is 1.11 bits per heavy atom. The van der Waals surface area contributed by atoms with Gasteiger partial charge in [-0.3, -0.25) is 4.57 Å². The number of rotatable bonds is 6. The topological polar surface area (TPSA) is 63.8 Å². The molecule has 1 N–H and O–H groups in total. The summed E-state index contributed by atoms with van der Waals surface area (Å²) in [5.74, 6) is 1.59. The Kier molecular flexibility index (Phi) is 8.74. The number of aromatic hydroxyl groups is 1. The van der Waals surface area contributed by atoms with Crippen LogP contribution in [0.3, 0.4) is 0 Å². The lowest BCUT2D eigenvalue weighted by Crippen LogP contribution is -2.17. The standard InChI is InChI=1S/C49H44N4O/c1-48(2,3)37-30-40(45(54)41(31-37)49(4,5)6)47-52-44-39(22-15-24-43(44)53(47)42-23-14-13-21-38(42)33-19-11-8-12-20-33)35-27-34(32-17-9-7-10-18-32)28-36(29-35)46-50-25-16-26-51-46/h7-31,54H,1-6H3. The van der Waals surface area contributed by atoms with Gasteiger partial charge in [0.2, 0.25) is 0 Å². The molecule has 5 nitrogen and oxygen atoms in total. The first-order valence-corrected chi connectivity index (χ1v) is 18.5. The molecule has 0 aliphatic heterocycles. The molecule has 0 aliphatic rings. The molecule has 266 valence electrons. The Morgan fingerprint density at radius 1 is 0.500 bits per heavy atom. The molecule has 0 saturated carbocycles. The molecule has 0 saturated heterocycles. The van der Waals surface area contributed by atoms with Crippen LogP contribution in [0.15, 0.2) is 152 Å². The number of nitrogens with zero attached hydrogens (tertiary/aromatic N) is 4. The van der Waals surface area contributed by atoms with E-state index < -0.39 is 0 Å². The highest BCUT2D eigenvalue weighted by molar-refractivity contribution is 5.98. The molecule has 0 bridgehead atoms. The molecular formula is C49H44N4O. The Hall–Kier alpha value is -6.33. The number of phenolic OH excluding ortho intramolecular Hbond substituents is 1. The summed E-state index contributed by atoms with van der Waals surface area (Å²) >= 11 is 0. The maximum atomic E-state index is 12.3. The largest absolute Gasteiger partial charge is 0.507 e. The van der Waals surface area contributed by atoms with Crippen molar-refractivity contribution in [2.45, 2.75) is 52.4 Å². The third-order valence-corrected chi connectivity index (χ3v) is 10.1. The van der Waals surface area contributed by atoms with Crippen LogP contribution in [0.2, 0.25) is 0 Å². The number of para-hydroxylation sites is 2. The summed E-state index contributed by atoms with van der Waals surface area (Å²) in [7, 11) is 0. The van der Waals surface area contributed by atoms with E-state index in [2.05, 4.69) is 177 Å². The normalized spacial score (nSPS) is 12.0. The summed E-state index contributed by atoms with van der Waals surface area (Å²) in [6.45, 7) is 13.1. The predicted octanol–water partition coefficient (Wildman–Crippen LogP) is 12.5. The van der Waals surface area contributed by atoms with Crippen molar-refractivity contribution in [2.24, 2.45) is 0 Å². The van der Waals surface area contributed by atoms with Crippen LogP contribution >= 0.6 is 0 Å². The first-order chi connectivity index (χ1) is 26.0. The lowest BCUT2D eigenvalue weighted by molar-refractivity contribution is 0.446. The van der Waals surface area contributed by atoms with Crippen molar-refractivity contribution in [3.63, 3.8) is 0 Å². The molecule has 8 rings (SSSR count). The molecule has 0 amide bonds. The van der Waals surface area contributed by atoms with Gasteiger partial charge in [-0.1, -0.05) is 139 Å². The minimum absolute atomic E-state index is 0.166. The molecule has 0 spiro atoms. The zero-order valence-corrected chi connectivity index (χ0v) is 31.7. The summed E-state index contributed by atoms with van der Waals surface area (Å²) in [5.41, 5.74) is 12.2. The van der Waals surface area contributed by atoms with Crippen LogP contribution in [0.25, 0.3) is 72.9 Å². The monoisotopic (exact) mass is 704 g/mol. The fourth-order valence-electron chi connectivity index (χ4n) is 7.25. The number of fused-ring (bicyclic) bond motifs is 1. The zero-order valence-electron chi connectivity index (χ0n) is 31.7. The van der Waals surface area contributed by atoms with E-state index >= 15 is 0 Å². The smallest absolute Gasteiger partial charge is 0.159 e. The summed E-state index contributed by atoms with van der Waals surface area (Å²) in [6, 6.07) is 48.4. The van der Waals surface area contributed by atoms with Crippen LogP contribution in [0.5, 0.6) is 5.75 Å². The predicted molar refractivity (Wildman–Crippen MR) is 223 cm³/mol. The van der Waals surface area contributed by atoms with E-state index in [0.717, 1.165) is 66.8 Å². The Labute approximate surface area is 317 Å². The van der Waals surface area contributed by atoms with E-state index in [1.807, 2.05) is 18.2 Å². The van der Waals surface area contributed by atoms with Crippen LogP contribution in [-0.2, 0) is 10.8 Å². The second kappa shape index (κ2) is 13.6. The van der Waals surface area contributed by atoms with Crippen LogP contribution in [0.1, 0.15) is 52.7 Å². The summed E-state index contributed by atoms with van der Waals surface area (Å²) in [5, 5.41) is 12.3. The maximum Gasteiger partial charge on any atom is 0.159 e. The van der Waals surface area contributed by atoms with Crippen molar-refractivity contribution in [3.05, 3.63) is 163 Å². The summed E-state index contributed by atoms with van der Waals surface area (Å²) in [4.78, 5) is 14.8. The van der Waals surface area contributed by atoms with Gasteiger partial charge in [-0.2, -0.15) is 0 Å². The molecule has 0 atom stereocenters. The van der Waals surface area contributed by atoms with E-state index in [9.17, 15) is 5.11 Å². The molecule has 0 unspecified atom stereocenters. The van der Waals surface area contributed by atoms with Gasteiger partial charge in [0.15, 0.2) is 5.82 Å². The fraction of sp³-hybridized carbons (Fsp3) is 0.163. The maximum absolute atomic E-state index is 12.3. The number of imidazole rings is 1. The fourth-order valence-corrected chi connectivity index (χ4v) is 7.25. The molecule has 0 aliphatic carbocycles. The van der Waals surface area contributed by atoms with Gasteiger partial charge in [0, 0.05) is 34.6 Å². The van der Waals surface area contributed by atoms with E-state index in [0.29, 0.717) is 17.2 Å². The lowest BCUT2D eigenvalue weighted by atomic mass is 9.79. The third-order valence-electron chi connectivity index (χ3n) is 10.1. The summed E-state index contributed by atoms with van der Waals surface area (Å²) < 4.78 is 2.23. The minimum atomic E-state index is -0.308. The van der Waals surface area contributed by atoms with Gasteiger partial charge in [-0.05, 0) is 81.1 Å². The zero-order chi connectivity index (χ0) is 37.6. The minimum Gasteiger partial charge on any atom is -0.507 e. The quantitative estimate of drug-likeness (QED) is 0.187. The highest BCUT2D eigenvalue weighted by atomic mass is 16.3. The van der Waals surface area contributed by atoms with Crippen LogP contribution in [0.4, 0.5) is 0 Å². The lowest BCUT2D eigenvalue weighted by Gasteiger charge is -2.27. The number of phenols is 1. The second-order valence-electron chi connectivity index (χ2n) is 16.0. The molecule has 2 aromatic heterocycles. The Balaban J connectivity index is 1.47. The van der Waals surface area contributed by atoms with E-state index in [4.69, 9.17) is 4.98 Å². The van der Waals surface area contributed by atoms with Crippen molar-refractivity contribution < 1.29 is 5.11 Å². The number of hydrogen-bond donors (Lipinski definition) is 1. The molecular weight excluding hydrogens is 661 g/mol. The molecule has 0 fully saturated rings. The second-order valence-corrected chi connectivity index (χ2v) is 16.0. The average molecular weight is 705 g/mol. The van der Waals surface area contributed by atoms with Gasteiger partial charge in [0.1, 0.15) is 11.6 Å². The highest BCUT2D eigenvalue weighted by Crippen LogP contribution is 2.45. The van der Waals surface area contributed by atoms with Gasteiger partial charge in [0.05, 0.1) is 22.3 Å². The molecule has 8 aromatic rings. The van der Waals surface area contributed by atoms with Gasteiger partial charge in [-0.15, -0.1) is 0 Å². The van der Waals surface area contributed by atoms with E-state index in [1.54, 1.807) is 12.4 Å². The average Bonchev–Trinajstić information content (AvgIpc) is 3.57. The van der Waals surface area contributed by atoms with Crippen molar-refractivity contribution in [2.75, 3.05) is 0 Å². The van der Waals surface area contributed by atoms with Crippen molar-refractivity contribution in [1.29, 1.82) is 0 Å².